The summed E-state index contributed by atoms with van der Waals surface area (Å²) >= 11 is 3.45. The lowest BCUT2D eigenvalue weighted by atomic mass is 10.2. The van der Waals surface area contributed by atoms with Crippen molar-refractivity contribution in [1.29, 1.82) is 0 Å². The molecule has 0 bridgehead atoms. The molecule has 0 aliphatic carbocycles. The summed E-state index contributed by atoms with van der Waals surface area (Å²) in [7, 11) is 0. The van der Waals surface area contributed by atoms with Crippen molar-refractivity contribution in [3.63, 3.8) is 0 Å². The van der Waals surface area contributed by atoms with Crippen LogP contribution < -0.4 is 0 Å². The standard InChI is InChI=1S/C14H11NS2/c1-10-2-4-13-12(8-10)15-14(17-13)5-3-11-6-7-16-9-11/h2-9H,1H3/b5-3+. The molecular weight excluding hydrogens is 246 g/mol. The predicted molar refractivity (Wildman–Crippen MR) is 77.6 cm³/mol. The van der Waals surface area contributed by atoms with Crippen LogP contribution in [0.25, 0.3) is 22.4 Å². The fourth-order valence-electron chi connectivity index (χ4n) is 1.66. The molecule has 3 heteroatoms. The van der Waals surface area contributed by atoms with Crippen molar-refractivity contribution in [2.75, 3.05) is 0 Å². The maximum absolute atomic E-state index is 4.61. The number of fused-ring (bicyclic) bond motifs is 1. The monoisotopic (exact) mass is 257 g/mol. The molecule has 84 valence electrons. The van der Waals surface area contributed by atoms with Gasteiger partial charge in [0, 0.05) is 0 Å². The van der Waals surface area contributed by atoms with Gasteiger partial charge in [0.1, 0.15) is 5.01 Å². The van der Waals surface area contributed by atoms with Gasteiger partial charge in [-0.05, 0) is 53.1 Å². The highest BCUT2D eigenvalue weighted by molar-refractivity contribution is 7.19. The Hall–Kier alpha value is -1.45. The molecule has 1 nitrogen and oxygen atoms in total. The van der Waals surface area contributed by atoms with Crippen LogP contribution in [-0.4, -0.2) is 4.98 Å². The van der Waals surface area contributed by atoms with E-state index in [1.807, 2.05) is 0 Å². The van der Waals surface area contributed by atoms with Gasteiger partial charge in [-0.1, -0.05) is 12.1 Å². The number of aryl methyl sites for hydroxylation is 1. The predicted octanol–water partition coefficient (Wildman–Crippen LogP) is 4.84. The Labute approximate surface area is 108 Å². The third-order valence-electron chi connectivity index (χ3n) is 2.52. The summed E-state index contributed by atoms with van der Waals surface area (Å²) in [5.41, 5.74) is 3.60. The van der Waals surface area contributed by atoms with Crippen LogP contribution in [0.3, 0.4) is 0 Å². The van der Waals surface area contributed by atoms with E-state index in [4.69, 9.17) is 0 Å². The zero-order valence-electron chi connectivity index (χ0n) is 9.38. The van der Waals surface area contributed by atoms with Crippen molar-refractivity contribution in [3.05, 3.63) is 51.2 Å². The van der Waals surface area contributed by atoms with Crippen LogP contribution >= 0.6 is 22.7 Å². The molecule has 0 saturated heterocycles. The zero-order chi connectivity index (χ0) is 11.7. The van der Waals surface area contributed by atoms with Crippen molar-refractivity contribution >= 4 is 45.0 Å². The summed E-state index contributed by atoms with van der Waals surface area (Å²) in [6.07, 6.45) is 4.20. The van der Waals surface area contributed by atoms with Crippen molar-refractivity contribution in [2.45, 2.75) is 6.92 Å². The van der Waals surface area contributed by atoms with E-state index in [-0.39, 0.29) is 0 Å². The number of thiazole rings is 1. The third-order valence-corrected chi connectivity index (χ3v) is 4.22. The van der Waals surface area contributed by atoms with Crippen molar-refractivity contribution in [3.8, 4) is 0 Å². The summed E-state index contributed by atoms with van der Waals surface area (Å²) in [5, 5.41) is 5.28. The van der Waals surface area contributed by atoms with Gasteiger partial charge < -0.3 is 0 Å². The number of benzene rings is 1. The Balaban J connectivity index is 1.96. The average molecular weight is 257 g/mol. The fraction of sp³-hybridized carbons (Fsp3) is 0.0714. The second-order valence-corrected chi connectivity index (χ2v) is 5.76. The fourth-order valence-corrected chi connectivity index (χ4v) is 3.14. The SMILES string of the molecule is Cc1ccc2sc(/C=C/c3ccsc3)nc2c1. The number of hydrogen-bond acceptors (Lipinski definition) is 3. The van der Waals surface area contributed by atoms with Gasteiger partial charge in [0.15, 0.2) is 0 Å². The van der Waals surface area contributed by atoms with Crippen molar-refractivity contribution in [2.24, 2.45) is 0 Å². The summed E-state index contributed by atoms with van der Waals surface area (Å²) in [5.74, 6) is 0. The van der Waals surface area contributed by atoms with Crippen LogP contribution in [0.5, 0.6) is 0 Å². The Bertz CT molecular complexity index is 663. The number of nitrogens with zero attached hydrogens (tertiary/aromatic N) is 1. The lowest BCUT2D eigenvalue weighted by Gasteiger charge is -1.88. The number of aromatic nitrogens is 1. The molecule has 0 saturated carbocycles. The molecule has 0 radical (unpaired) electrons. The minimum Gasteiger partial charge on any atom is -0.237 e. The zero-order valence-corrected chi connectivity index (χ0v) is 11.0. The van der Waals surface area contributed by atoms with Gasteiger partial charge in [0.25, 0.3) is 0 Å². The van der Waals surface area contributed by atoms with Crippen LogP contribution in [-0.2, 0) is 0 Å². The maximum Gasteiger partial charge on any atom is 0.117 e. The first-order valence-corrected chi connectivity index (χ1v) is 7.15. The summed E-state index contributed by atoms with van der Waals surface area (Å²) < 4.78 is 1.25. The summed E-state index contributed by atoms with van der Waals surface area (Å²) in [4.78, 5) is 4.61. The van der Waals surface area contributed by atoms with Crippen LogP contribution in [0, 0.1) is 6.92 Å². The molecule has 0 spiro atoms. The molecule has 2 aromatic heterocycles. The van der Waals surface area contributed by atoms with Gasteiger partial charge in [0.2, 0.25) is 0 Å². The normalized spacial score (nSPS) is 11.6. The average Bonchev–Trinajstić information content (AvgIpc) is 2.94. The van der Waals surface area contributed by atoms with Crippen LogP contribution in [0.1, 0.15) is 16.1 Å². The van der Waals surface area contributed by atoms with Gasteiger partial charge in [0.05, 0.1) is 10.2 Å². The Morgan fingerprint density at radius 1 is 1.18 bits per heavy atom. The van der Waals surface area contributed by atoms with Crippen LogP contribution in [0.2, 0.25) is 0 Å². The van der Waals surface area contributed by atoms with Crippen molar-refractivity contribution in [1.82, 2.24) is 4.98 Å². The van der Waals surface area contributed by atoms with Gasteiger partial charge in [-0.25, -0.2) is 4.98 Å². The second-order valence-electron chi connectivity index (χ2n) is 3.91. The van der Waals surface area contributed by atoms with E-state index in [0.717, 1.165) is 10.5 Å². The van der Waals surface area contributed by atoms with Crippen LogP contribution in [0.4, 0.5) is 0 Å². The molecule has 0 fully saturated rings. The largest absolute Gasteiger partial charge is 0.237 e. The van der Waals surface area contributed by atoms with E-state index >= 15 is 0 Å². The number of rotatable bonds is 2. The molecule has 3 aromatic rings. The lowest BCUT2D eigenvalue weighted by molar-refractivity contribution is 1.43. The maximum atomic E-state index is 4.61. The smallest absolute Gasteiger partial charge is 0.117 e. The Morgan fingerprint density at radius 2 is 2.12 bits per heavy atom. The lowest BCUT2D eigenvalue weighted by Crippen LogP contribution is -1.72. The molecule has 17 heavy (non-hydrogen) atoms. The number of hydrogen-bond donors (Lipinski definition) is 0. The minimum absolute atomic E-state index is 1.07. The van der Waals surface area contributed by atoms with Crippen LogP contribution in [0.15, 0.2) is 35.0 Å². The third kappa shape index (κ3) is 2.30. The topological polar surface area (TPSA) is 12.9 Å². The van der Waals surface area contributed by atoms with E-state index in [1.54, 1.807) is 22.7 Å². The summed E-state index contributed by atoms with van der Waals surface area (Å²) in [6, 6.07) is 8.52. The molecule has 3 rings (SSSR count). The second kappa shape index (κ2) is 4.43. The Morgan fingerprint density at radius 3 is 2.94 bits per heavy atom. The molecule has 0 unspecified atom stereocenters. The first kappa shape index (κ1) is 10.7. The molecule has 0 aliphatic rings. The van der Waals surface area contributed by atoms with Gasteiger partial charge in [-0.15, -0.1) is 11.3 Å². The highest BCUT2D eigenvalue weighted by Gasteiger charge is 2.00. The van der Waals surface area contributed by atoms with E-state index in [2.05, 4.69) is 59.1 Å². The number of thiophene rings is 1. The molecular formula is C14H11NS2. The van der Waals surface area contributed by atoms with E-state index in [1.165, 1.54) is 15.8 Å². The van der Waals surface area contributed by atoms with E-state index < -0.39 is 0 Å². The van der Waals surface area contributed by atoms with Gasteiger partial charge in [-0.3, -0.25) is 0 Å². The molecule has 0 atom stereocenters. The first-order valence-electron chi connectivity index (χ1n) is 5.39. The highest BCUT2D eigenvalue weighted by Crippen LogP contribution is 2.24. The van der Waals surface area contributed by atoms with E-state index in [9.17, 15) is 0 Å². The molecule has 0 N–H and O–H groups in total. The summed E-state index contributed by atoms with van der Waals surface area (Å²) in [6.45, 7) is 2.10. The quantitative estimate of drug-likeness (QED) is 0.640. The molecule has 1 aromatic carbocycles. The Kier molecular flexibility index (Phi) is 2.79. The highest BCUT2D eigenvalue weighted by atomic mass is 32.1. The molecule has 0 aliphatic heterocycles. The minimum atomic E-state index is 1.07. The van der Waals surface area contributed by atoms with Gasteiger partial charge >= 0.3 is 0 Å². The van der Waals surface area contributed by atoms with Gasteiger partial charge in [-0.2, -0.15) is 11.3 Å². The molecule has 2 heterocycles. The first-order chi connectivity index (χ1) is 8.31. The molecule has 0 amide bonds. The van der Waals surface area contributed by atoms with E-state index in [0.29, 0.717) is 0 Å². The van der Waals surface area contributed by atoms with Crippen molar-refractivity contribution < 1.29 is 0 Å².